The molecule has 0 fully saturated rings. The number of ether oxygens (including phenoxy) is 1. The maximum Gasteiger partial charge on any atom is 0.160 e. The number of nitrogens with zero attached hydrogens (tertiary/aromatic N) is 6. The fourth-order valence-corrected chi connectivity index (χ4v) is 3.14. The molecular formula is C20H13ClFN7O. The molecule has 0 atom stereocenters. The summed E-state index contributed by atoms with van der Waals surface area (Å²) in [5.41, 5.74) is 2.63. The van der Waals surface area contributed by atoms with Crippen LogP contribution in [0.5, 0.6) is 11.5 Å². The van der Waals surface area contributed by atoms with Gasteiger partial charge in [-0.25, -0.2) is 28.8 Å². The molecular weight excluding hydrogens is 409 g/mol. The number of anilines is 2. The minimum absolute atomic E-state index is 0.231. The molecule has 0 amide bonds. The third-order valence-electron chi connectivity index (χ3n) is 4.45. The molecule has 10 heteroatoms. The largest absolute Gasteiger partial charge is 0.457 e. The normalized spacial score (nSPS) is 11.2. The van der Waals surface area contributed by atoms with E-state index in [9.17, 15) is 4.39 Å². The maximum absolute atomic E-state index is 14.8. The minimum atomic E-state index is -0.507. The molecule has 1 N–H and O–H groups in total. The summed E-state index contributed by atoms with van der Waals surface area (Å²) in [7, 11) is 0. The van der Waals surface area contributed by atoms with E-state index < -0.39 is 5.82 Å². The zero-order valence-corrected chi connectivity index (χ0v) is 16.3. The summed E-state index contributed by atoms with van der Waals surface area (Å²) < 4.78 is 22.3. The van der Waals surface area contributed by atoms with Crippen LogP contribution in [0.1, 0.15) is 5.56 Å². The van der Waals surface area contributed by atoms with Crippen LogP contribution in [0.3, 0.4) is 0 Å². The Hall–Kier alpha value is -3.85. The van der Waals surface area contributed by atoms with E-state index in [1.807, 2.05) is 6.92 Å². The van der Waals surface area contributed by atoms with E-state index in [0.717, 1.165) is 5.56 Å². The highest BCUT2D eigenvalue weighted by Crippen LogP contribution is 2.32. The van der Waals surface area contributed by atoms with E-state index >= 15 is 0 Å². The van der Waals surface area contributed by atoms with Crippen LogP contribution in [0.15, 0.2) is 55.2 Å². The molecule has 30 heavy (non-hydrogen) atoms. The van der Waals surface area contributed by atoms with Gasteiger partial charge in [0.2, 0.25) is 0 Å². The van der Waals surface area contributed by atoms with Gasteiger partial charge in [0.1, 0.15) is 40.6 Å². The quantitative estimate of drug-likeness (QED) is 0.420. The monoisotopic (exact) mass is 421 g/mol. The number of pyridine rings is 2. The van der Waals surface area contributed by atoms with Gasteiger partial charge in [0.15, 0.2) is 11.5 Å². The predicted octanol–water partition coefficient (Wildman–Crippen LogP) is 4.70. The van der Waals surface area contributed by atoms with Gasteiger partial charge in [-0.1, -0.05) is 11.6 Å². The highest BCUT2D eigenvalue weighted by Gasteiger charge is 2.13. The molecule has 0 saturated carbocycles. The average molecular weight is 422 g/mol. The number of halogens is 2. The zero-order chi connectivity index (χ0) is 20.7. The molecule has 1 aromatic carbocycles. The van der Waals surface area contributed by atoms with Crippen LogP contribution in [-0.2, 0) is 0 Å². The molecule has 148 valence electrons. The molecule has 4 aromatic heterocycles. The third kappa shape index (κ3) is 3.35. The van der Waals surface area contributed by atoms with Crippen LogP contribution in [0, 0.1) is 12.7 Å². The second-order valence-corrected chi connectivity index (χ2v) is 6.86. The van der Waals surface area contributed by atoms with Crippen LogP contribution in [0.4, 0.5) is 15.9 Å². The summed E-state index contributed by atoms with van der Waals surface area (Å²) in [6, 6.07) is 9.76. The fraction of sp³-hybridized carbons (Fsp3) is 0.0500. The highest BCUT2D eigenvalue weighted by molar-refractivity contribution is 6.29. The third-order valence-corrected chi connectivity index (χ3v) is 4.66. The molecule has 0 aliphatic heterocycles. The number of fused-ring (bicyclic) bond motifs is 2. The number of hydrogen-bond donors (Lipinski definition) is 1. The number of hydrogen-bond acceptors (Lipinski definition) is 7. The highest BCUT2D eigenvalue weighted by atomic mass is 35.5. The molecule has 4 heterocycles. The Morgan fingerprint density at radius 2 is 1.97 bits per heavy atom. The van der Waals surface area contributed by atoms with Crippen molar-refractivity contribution < 1.29 is 9.13 Å². The van der Waals surface area contributed by atoms with Crippen molar-refractivity contribution in [3.05, 3.63) is 71.8 Å². The first-order valence-electron chi connectivity index (χ1n) is 8.88. The number of benzene rings is 1. The van der Waals surface area contributed by atoms with Gasteiger partial charge >= 0.3 is 0 Å². The molecule has 0 unspecified atom stereocenters. The SMILES string of the molecule is Cc1cc(Nc2ncnc3ccc(Cl)nc23)c(F)cc1Oc1ccn2ncnc2c1. The molecule has 0 radical (unpaired) electrons. The zero-order valence-electron chi connectivity index (χ0n) is 15.5. The Morgan fingerprint density at radius 3 is 2.87 bits per heavy atom. The second-order valence-electron chi connectivity index (χ2n) is 6.47. The standard InChI is InChI=1S/C20H13ClFN7O/c1-11-6-15(27-20-19-14(23-9-25-20)2-3-17(21)28-19)13(22)8-16(11)30-12-4-5-29-18(7-12)24-10-26-29/h2-10H,1H3,(H,23,25,27). The molecule has 5 rings (SSSR count). The van der Waals surface area contributed by atoms with Crippen LogP contribution >= 0.6 is 11.6 Å². The first kappa shape index (κ1) is 18.2. The van der Waals surface area contributed by atoms with E-state index in [-0.39, 0.29) is 5.69 Å². The van der Waals surface area contributed by atoms with E-state index in [2.05, 4.69) is 30.4 Å². The molecule has 0 spiro atoms. The van der Waals surface area contributed by atoms with Gasteiger partial charge in [-0.15, -0.1) is 0 Å². The van der Waals surface area contributed by atoms with Crippen molar-refractivity contribution >= 4 is 39.8 Å². The van der Waals surface area contributed by atoms with Crippen molar-refractivity contribution in [2.75, 3.05) is 5.32 Å². The van der Waals surface area contributed by atoms with Crippen molar-refractivity contribution in [2.24, 2.45) is 0 Å². The number of rotatable bonds is 4. The van der Waals surface area contributed by atoms with Crippen LogP contribution in [-0.4, -0.2) is 29.5 Å². The van der Waals surface area contributed by atoms with Gasteiger partial charge in [0.25, 0.3) is 0 Å². The summed E-state index contributed by atoms with van der Waals surface area (Å²) in [6.45, 7) is 1.82. The Kier molecular flexibility index (Phi) is 4.36. The van der Waals surface area contributed by atoms with Gasteiger partial charge in [-0.3, -0.25) is 0 Å². The second kappa shape index (κ2) is 7.20. The Balaban J connectivity index is 1.46. The van der Waals surface area contributed by atoms with Crippen molar-refractivity contribution in [2.45, 2.75) is 6.92 Å². The first-order chi connectivity index (χ1) is 14.6. The summed E-state index contributed by atoms with van der Waals surface area (Å²) in [4.78, 5) is 16.7. The molecule has 0 bridgehead atoms. The van der Waals surface area contributed by atoms with Gasteiger partial charge in [-0.05, 0) is 36.8 Å². The van der Waals surface area contributed by atoms with E-state index in [4.69, 9.17) is 16.3 Å². The van der Waals surface area contributed by atoms with Crippen LogP contribution in [0.2, 0.25) is 5.15 Å². The first-order valence-corrected chi connectivity index (χ1v) is 9.26. The fourth-order valence-electron chi connectivity index (χ4n) is 2.99. The molecule has 8 nitrogen and oxygen atoms in total. The average Bonchev–Trinajstić information content (AvgIpc) is 3.20. The van der Waals surface area contributed by atoms with Crippen molar-refractivity contribution in [3.63, 3.8) is 0 Å². The number of aryl methyl sites for hydroxylation is 1. The molecule has 0 aliphatic rings. The lowest BCUT2D eigenvalue weighted by atomic mass is 10.2. The smallest absolute Gasteiger partial charge is 0.160 e. The van der Waals surface area contributed by atoms with Crippen molar-refractivity contribution in [3.8, 4) is 11.5 Å². The van der Waals surface area contributed by atoms with Gasteiger partial charge in [-0.2, -0.15) is 5.10 Å². The maximum atomic E-state index is 14.8. The minimum Gasteiger partial charge on any atom is -0.457 e. The summed E-state index contributed by atoms with van der Waals surface area (Å²) in [6.07, 6.45) is 4.55. The lowest BCUT2D eigenvalue weighted by Gasteiger charge is -2.13. The van der Waals surface area contributed by atoms with Gasteiger partial charge in [0, 0.05) is 18.3 Å². The topological polar surface area (TPSA) is 90.1 Å². The van der Waals surface area contributed by atoms with E-state index in [1.54, 1.807) is 41.0 Å². The summed E-state index contributed by atoms with van der Waals surface area (Å²) in [5.74, 6) is 0.759. The Morgan fingerprint density at radius 1 is 1.07 bits per heavy atom. The number of nitrogens with one attached hydrogen (secondary N) is 1. The van der Waals surface area contributed by atoms with Gasteiger partial charge in [0.05, 0.1) is 11.2 Å². The molecule has 5 aromatic rings. The van der Waals surface area contributed by atoms with Crippen molar-refractivity contribution in [1.29, 1.82) is 0 Å². The number of aromatic nitrogens is 6. The van der Waals surface area contributed by atoms with Gasteiger partial charge < -0.3 is 10.1 Å². The molecule has 0 saturated heterocycles. The predicted molar refractivity (Wildman–Crippen MR) is 110 cm³/mol. The van der Waals surface area contributed by atoms with E-state index in [0.29, 0.717) is 39.2 Å². The lowest BCUT2D eigenvalue weighted by molar-refractivity contribution is 0.473. The Bertz CT molecular complexity index is 1410. The molecule has 0 aliphatic carbocycles. The van der Waals surface area contributed by atoms with Crippen LogP contribution < -0.4 is 10.1 Å². The Labute approximate surface area is 174 Å². The van der Waals surface area contributed by atoms with E-state index in [1.165, 1.54) is 18.7 Å². The lowest BCUT2D eigenvalue weighted by Crippen LogP contribution is -2.01. The van der Waals surface area contributed by atoms with Crippen LogP contribution in [0.25, 0.3) is 16.7 Å². The summed E-state index contributed by atoms with van der Waals surface area (Å²) in [5, 5.41) is 7.30. The summed E-state index contributed by atoms with van der Waals surface area (Å²) >= 11 is 5.98. The van der Waals surface area contributed by atoms with Crippen molar-refractivity contribution in [1.82, 2.24) is 29.5 Å².